The SMILES string of the molecule is Cc1noc(C)c1C(=O)N1CCCN1C(=O)c1csc(-c2cccnc2)n1. The van der Waals surface area contributed by atoms with Crippen LogP contribution < -0.4 is 0 Å². The third kappa shape index (κ3) is 3.10. The molecule has 4 heterocycles. The van der Waals surface area contributed by atoms with Gasteiger partial charge in [-0.15, -0.1) is 11.3 Å². The van der Waals surface area contributed by atoms with Crippen molar-refractivity contribution in [3.8, 4) is 10.6 Å². The highest BCUT2D eigenvalue weighted by molar-refractivity contribution is 7.13. The van der Waals surface area contributed by atoms with E-state index in [1.165, 1.54) is 21.4 Å². The lowest BCUT2D eigenvalue weighted by Gasteiger charge is -2.27. The minimum Gasteiger partial charge on any atom is -0.361 e. The van der Waals surface area contributed by atoms with Gasteiger partial charge in [0, 0.05) is 36.4 Å². The predicted molar refractivity (Wildman–Crippen MR) is 98.0 cm³/mol. The molecule has 8 nitrogen and oxygen atoms in total. The Balaban J connectivity index is 1.58. The average Bonchev–Trinajstić information content (AvgIpc) is 3.41. The van der Waals surface area contributed by atoms with E-state index >= 15 is 0 Å². The van der Waals surface area contributed by atoms with Gasteiger partial charge in [-0.3, -0.25) is 14.6 Å². The summed E-state index contributed by atoms with van der Waals surface area (Å²) in [6.45, 7) is 4.34. The first kappa shape index (κ1) is 17.3. The lowest BCUT2D eigenvalue weighted by Crippen LogP contribution is -2.45. The fraction of sp³-hybridized carbons (Fsp3) is 0.278. The van der Waals surface area contributed by atoms with Crippen LogP contribution in [-0.4, -0.2) is 50.0 Å². The lowest BCUT2D eigenvalue weighted by molar-refractivity contribution is 0.0181. The summed E-state index contributed by atoms with van der Waals surface area (Å²) < 4.78 is 5.09. The molecule has 2 amide bonds. The van der Waals surface area contributed by atoms with Gasteiger partial charge < -0.3 is 4.52 Å². The number of thiazole rings is 1. The summed E-state index contributed by atoms with van der Waals surface area (Å²) in [6.07, 6.45) is 4.10. The molecule has 3 aromatic heterocycles. The van der Waals surface area contributed by atoms with Crippen molar-refractivity contribution in [2.75, 3.05) is 13.1 Å². The molecule has 138 valence electrons. The van der Waals surface area contributed by atoms with Gasteiger partial charge in [-0.2, -0.15) is 0 Å². The first-order valence-corrected chi connectivity index (χ1v) is 9.36. The molecule has 0 N–H and O–H groups in total. The second-order valence-electron chi connectivity index (χ2n) is 6.19. The van der Waals surface area contributed by atoms with Gasteiger partial charge in [-0.25, -0.2) is 15.0 Å². The Hall–Kier alpha value is -3.07. The van der Waals surface area contributed by atoms with Gasteiger partial charge in [0.05, 0.1) is 5.69 Å². The van der Waals surface area contributed by atoms with Crippen molar-refractivity contribution in [1.29, 1.82) is 0 Å². The summed E-state index contributed by atoms with van der Waals surface area (Å²) in [5.74, 6) is -0.122. The van der Waals surface area contributed by atoms with Crippen molar-refractivity contribution in [2.45, 2.75) is 20.3 Å². The minimum atomic E-state index is -0.293. The first-order chi connectivity index (χ1) is 13.1. The van der Waals surface area contributed by atoms with Gasteiger partial charge in [-0.05, 0) is 32.4 Å². The van der Waals surface area contributed by atoms with E-state index in [4.69, 9.17) is 4.52 Å². The number of aromatic nitrogens is 3. The fourth-order valence-electron chi connectivity index (χ4n) is 3.08. The zero-order chi connectivity index (χ0) is 19.0. The molecular formula is C18H17N5O3S. The summed E-state index contributed by atoms with van der Waals surface area (Å²) >= 11 is 1.37. The standard InChI is InChI=1S/C18H17N5O3S/c1-11-15(12(2)26-21-11)18(25)23-8-4-7-22(23)17(24)14-10-27-16(20-14)13-5-3-6-19-9-13/h3,5-6,9-10H,4,7-8H2,1-2H3. The number of hydrogen-bond donors (Lipinski definition) is 0. The lowest BCUT2D eigenvalue weighted by atomic mass is 10.2. The van der Waals surface area contributed by atoms with Gasteiger partial charge in [0.1, 0.15) is 22.0 Å². The molecule has 1 saturated heterocycles. The van der Waals surface area contributed by atoms with Crippen LogP contribution in [0.15, 0.2) is 34.4 Å². The second-order valence-corrected chi connectivity index (χ2v) is 7.05. The number of aryl methyl sites for hydroxylation is 2. The van der Waals surface area contributed by atoms with Gasteiger partial charge >= 0.3 is 0 Å². The summed E-state index contributed by atoms with van der Waals surface area (Å²) in [5, 5.41) is 9.17. The van der Waals surface area contributed by atoms with Crippen LogP contribution in [0.2, 0.25) is 0 Å². The first-order valence-electron chi connectivity index (χ1n) is 8.48. The van der Waals surface area contributed by atoms with Crippen molar-refractivity contribution < 1.29 is 14.1 Å². The van der Waals surface area contributed by atoms with Crippen molar-refractivity contribution in [3.05, 3.63) is 52.6 Å². The quantitative estimate of drug-likeness (QED) is 0.690. The highest BCUT2D eigenvalue weighted by Gasteiger charge is 2.35. The Morgan fingerprint density at radius 1 is 1.19 bits per heavy atom. The van der Waals surface area contributed by atoms with Crippen LogP contribution >= 0.6 is 11.3 Å². The van der Waals surface area contributed by atoms with Crippen molar-refractivity contribution in [3.63, 3.8) is 0 Å². The molecule has 0 bridgehead atoms. The minimum absolute atomic E-state index is 0.278. The van der Waals surface area contributed by atoms with Crippen LogP contribution in [0.3, 0.4) is 0 Å². The number of hydrogen-bond acceptors (Lipinski definition) is 7. The third-order valence-corrected chi connectivity index (χ3v) is 5.27. The van der Waals surface area contributed by atoms with Gasteiger partial charge in [0.25, 0.3) is 11.8 Å². The number of carbonyl (C=O) groups excluding carboxylic acids is 2. The summed E-state index contributed by atoms with van der Waals surface area (Å²) in [5.41, 5.74) is 2.09. The number of rotatable bonds is 3. The molecule has 1 fully saturated rings. The zero-order valence-corrected chi connectivity index (χ0v) is 15.7. The van der Waals surface area contributed by atoms with Gasteiger partial charge in [-0.1, -0.05) is 5.16 Å². The van der Waals surface area contributed by atoms with E-state index in [9.17, 15) is 9.59 Å². The normalized spacial score (nSPS) is 14.0. The second kappa shape index (κ2) is 6.92. The monoisotopic (exact) mass is 383 g/mol. The Kier molecular flexibility index (Phi) is 4.44. The molecule has 0 aliphatic carbocycles. The van der Waals surface area contributed by atoms with Crippen molar-refractivity contribution in [2.24, 2.45) is 0 Å². The van der Waals surface area contributed by atoms with Crippen molar-refractivity contribution >= 4 is 23.2 Å². The fourth-order valence-corrected chi connectivity index (χ4v) is 3.86. The molecule has 0 spiro atoms. The Labute approximate surface area is 159 Å². The number of carbonyl (C=O) groups is 2. The Bertz CT molecular complexity index is 978. The van der Waals surface area contributed by atoms with E-state index in [1.54, 1.807) is 31.6 Å². The number of nitrogens with zero attached hydrogens (tertiary/aromatic N) is 5. The molecular weight excluding hydrogens is 366 g/mol. The Morgan fingerprint density at radius 2 is 1.96 bits per heavy atom. The van der Waals surface area contributed by atoms with Gasteiger partial charge in [0.15, 0.2) is 0 Å². The number of pyridine rings is 1. The van der Waals surface area contributed by atoms with E-state index in [0.29, 0.717) is 47.2 Å². The van der Waals surface area contributed by atoms with Crippen LogP contribution in [0, 0.1) is 13.8 Å². The van der Waals surface area contributed by atoms with Gasteiger partial charge in [0.2, 0.25) is 0 Å². The molecule has 0 atom stereocenters. The molecule has 0 saturated carbocycles. The molecule has 1 aliphatic heterocycles. The van der Waals surface area contributed by atoms with E-state index in [1.807, 2.05) is 12.1 Å². The van der Waals surface area contributed by atoms with Crippen molar-refractivity contribution in [1.82, 2.24) is 25.1 Å². The van der Waals surface area contributed by atoms with Crippen LogP contribution in [0.1, 0.15) is 38.7 Å². The van der Waals surface area contributed by atoms with Crippen LogP contribution in [0.4, 0.5) is 0 Å². The topological polar surface area (TPSA) is 92.4 Å². The molecule has 27 heavy (non-hydrogen) atoms. The van der Waals surface area contributed by atoms with E-state index in [0.717, 1.165) is 5.56 Å². The summed E-state index contributed by atoms with van der Waals surface area (Å²) in [6, 6.07) is 3.71. The summed E-state index contributed by atoms with van der Waals surface area (Å²) in [4.78, 5) is 34.4. The Morgan fingerprint density at radius 3 is 2.63 bits per heavy atom. The highest BCUT2D eigenvalue weighted by atomic mass is 32.1. The molecule has 0 aromatic carbocycles. The molecule has 0 unspecified atom stereocenters. The number of amides is 2. The zero-order valence-electron chi connectivity index (χ0n) is 14.9. The smallest absolute Gasteiger partial charge is 0.291 e. The highest BCUT2D eigenvalue weighted by Crippen LogP contribution is 2.26. The maximum absolute atomic E-state index is 13.0. The molecule has 1 aliphatic rings. The predicted octanol–water partition coefficient (Wildman–Crippen LogP) is 2.71. The number of hydrazine groups is 1. The van der Waals surface area contributed by atoms with E-state index in [2.05, 4.69) is 15.1 Å². The van der Waals surface area contributed by atoms with E-state index in [-0.39, 0.29) is 11.8 Å². The average molecular weight is 383 g/mol. The maximum Gasteiger partial charge on any atom is 0.291 e. The molecule has 9 heteroatoms. The van der Waals surface area contributed by atoms with Crippen LogP contribution in [-0.2, 0) is 0 Å². The van der Waals surface area contributed by atoms with E-state index < -0.39 is 0 Å². The third-order valence-electron chi connectivity index (χ3n) is 4.38. The molecule has 4 rings (SSSR count). The largest absolute Gasteiger partial charge is 0.361 e. The van der Waals surface area contributed by atoms with Crippen LogP contribution in [0.5, 0.6) is 0 Å². The summed E-state index contributed by atoms with van der Waals surface area (Å²) in [7, 11) is 0. The maximum atomic E-state index is 13.0. The molecule has 0 radical (unpaired) electrons. The molecule has 3 aromatic rings. The van der Waals surface area contributed by atoms with Crippen LogP contribution in [0.25, 0.3) is 10.6 Å².